The summed E-state index contributed by atoms with van der Waals surface area (Å²) in [5, 5.41) is 9.08. The summed E-state index contributed by atoms with van der Waals surface area (Å²) in [5.74, 6) is 0.0126. The molecule has 1 rings (SSSR count). The Kier molecular flexibility index (Phi) is 4.16. The van der Waals surface area contributed by atoms with Crippen LogP contribution in [-0.2, 0) is 11.4 Å². The van der Waals surface area contributed by atoms with E-state index in [2.05, 4.69) is 28.6 Å². The number of ketones is 1. The third-order valence-corrected chi connectivity index (χ3v) is 3.35. The van der Waals surface area contributed by atoms with Gasteiger partial charge >= 0.3 is 0 Å². The highest BCUT2D eigenvalue weighted by Crippen LogP contribution is 2.28. The number of carbonyl (C=O) groups excluding carboxylic acids is 1. The first-order valence-electron chi connectivity index (χ1n) is 4.13. The van der Waals surface area contributed by atoms with Crippen molar-refractivity contribution < 1.29 is 9.90 Å². The molecule has 0 aromatic heterocycles. The SMILES string of the molecule is CC(=O)C(Br)c1cc(S)ccc1CO. The Labute approximate surface area is 96.9 Å². The van der Waals surface area contributed by atoms with Crippen molar-refractivity contribution >= 4 is 34.3 Å². The number of Topliss-reactive ketones (excluding diaryl/α,β-unsaturated/α-hetero) is 1. The molecule has 1 aromatic rings. The highest BCUT2D eigenvalue weighted by molar-refractivity contribution is 9.09. The molecule has 0 aliphatic heterocycles. The molecule has 4 heteroatoms. The lowest BCUT2D eigenvalue weighted by Gasteiger charge is -2.11. The van der Waals surface area contributed by atoms with E-state index < -0.39 is 0 Å². The maximum Gasteiger partial charge on any atom is 0.147 e. The lowest BCUT2D eigenvalue weighted by molar-refractivity contribution is -0.116. The highest BCUT2D eigenvalue weighted by Gasteiger charge is 2.16. The molecule has 0 amide bonds. The minimum Gasteiger partial charge on any atom is -0.392 e. The second-order valence-corrected chi connectivity index (χ2v) is 4.45. The van der Waals surface area contributed by atoms with Crippen molar-refractivity contribution in [3.63, 3.8) is 0 Å². The van der Waals surface area contributed by atoms with Gasteiger partial charge in [0.15, 0.2) is 0 Å². The van der Waals surface area contributed by atoms with Gasteiger partial charge in [0.1, 0.15) is 5.78 Å². The summed E-state index contributed by atoms with van der Waals surface area (Å²) in [4.78, 5) is 11.6. The van der Waals surface area contributed by atoms with Crippen molar-refractivity contribution in [3.05, 3.63) is 29.3 Å². The van der Waals surface area contributed by atoms with Crippen LogP contribution in [0.15, 0.2) is 23.1 Å². The average molecular weight is 275 g/mol. The zero-order valence-corrected chi connectivity index (χ0v) is 10.2. The highest BCUT2D eigenvalue weighted by atomic mass is 79.9. The summed E-state index contributed by atoms with van der Waals surface area (Å²) in [6, 6.07) is 5.35. The number of thiol groups is 1. The topological polar surface area (TPSA) is 37.3 Å². The van der Waals surface area contributed by atoms with Crippen molar-refractivity contribution in [2.24, 2.45) is 0 Å². The van der Waals surface area contributed by atoms with Gasteiger partial charge in [-0.2, -0.15) is 0 Å². The van der Waals surface area contributed by atoms with Crippen LogP contribution in [0.2, 0.25) is 0 Å². The van der Waals surface area contributed by atoms with E-state index in [1.807, 2.05) is 0 Å². The number of halogens is 1. The Hall–Kier alpha value is -0.320. The Morgan fingerprint density at radius 1 is 1.64 bits per heavy atom. The summed E-state index contributed by atoms with van der Waals surface area (Å²) >= 11 is 7.47. The molecule has 1 unspecified atom stereocenters. The number of hydrogen-bond donors (Lipinski definition) is 2. The van der Waals surface area contributed by atoms with Crippen LogP contribution in [0.4, 0.5) is 0 Å². The fraction of sp³-hybridized carbons (Fsp3) is 0.300. The maximum absolute atomic E-state index is 11.2. The van der Waals surface area contributed by atoms with Gasteiger partial charge in [0.2, 0.25) is 0 Å². The molecule has 0 bridgehead atoms. The molecule has 2 nitrogen and oxygen atoms in total. The number of rotatable bonds is 3. The van der Waals surface area contributed by atoms with Crippen LogP contribution in [0.1, 0.15) is 22.9 Å². The molecule has 0 radical (unpaired) electrons. The smallest absolute Gasteiger partial charge is 0.147 e. The van der Waals surface area contributed by atoms with Crippen molar-refractivity contribution in [1.29, 1.82) is 0 Å². The summed E-state index contributed by atoms with van der Waals surface area (Å²) in [7, 11) is 0. The van der Waals surface area contributed by atoms with E-state index in [0.717, 1.165) is 16.0 Å². The van der Waals surface area contributed by atoms with Crippen LogP contribution in [0.3, 0.4) is 0 Å². The third kappa shape index (κ3) is 2.59. The normalized spacial score (nSPS) is 12.6. The van der Waals surface area contributed by atoms with Gasteiger partial charge in [0.25, 0.3) is 0 Å². The molecule has 0 heterocycles. The molecular weight excluding hydrogens is 264 g/mol. The molecular formula is C10H11BrO2S. The fourth-order valence-electron chi connectivity index (χ4n) is 1.18. The first kappa shape index (κ1) is 11.8. The minimum atomic E-state index is -0.364. The largest absolute Gasteiger partial charge is 0.392 e. The fourth-order valence-corrected chi connectivity index (χ4v) is 1.82. The first-order valence-corrected chi connectivity index (χ1v) is 5.49. The van der Waals surface area contributed by atoms with Crippen LogP contribution >= 0.6 is 28.6 Å². The van der Waals surface area contributed by atoms with Gasteiger partial charge in [-0.25, -0.2) is 0 Å². The van der Waals surface area contributed by atoms with Gasteiger partial charge in [-0.15, -0.1) is 12.6 Å². The van der Waals surface area contributed by atoms with Crippen LogP contribution in [0.5, 0.6) is 0 Å². The summed E-state index contributed by atoms with van der Waals surface area (Å²) < 4.78 is 0. The quantitative estimate of drug-likeness (QED) is 0.657. The van der Waals surface area contributed by atoms with E-state index in [1.54, 1.807) is 18.2 Å². The molecule has 1 atom stereocenters. The predicted octanol–water partition coefficient (Wildman–Crippen LogP) is 2.49. The molecule has 0 saturated carbocycles. The molecule has 0 aliphatic rings. The minimum absolute atomic E-state index is 0.0126. The van der Waals surface area contributed by atoms with Crippen LogP contribution in [0, 0.1) is 0 Å². The van der Waals surface area contributed by atoms with Crippen molar-refractivity contribution in [3.8, 4) is 0 Å². The van der Waals surface area contributed by atoms with Gasteiger partial charge in [-0.05, 0) is 30.2 Å². The van der Waals surface area contributed by atoms with E-state index in [9.17, 15) is 4.79 Å². The lowest BCUT2D eigenvalue weighted by atomic mass is 10.0. The van der Waals surface area contributed by atoms with E-state index >= 15 is 0 Å². The molecule has 0 fully saturated rings. The van der Waals surface area contributed by atoms with Gasteiger partial charge in [0, 0.05) is 4.90 Å². The zero-order chi connectivity index (χ0) is 10.7. The Morgan fingerprint density at radius 3 is 2.79 bits per heavy atom. The molecule has 76 valence electrons. The molecule has 1 N–H and O–H groups in total. The van der Waals surface area contributed by atoms with Crippen molar-refractivity contribution in [2.45, 2.75) is 23.3 Å². The number of aliphatic hydroxyl groups excluding tert-OH is 1. The number of aliphatic hydroxyl groups is 1. The number of benzene rings is 1. The number of carbonyl (C=O) groups is 1. The first-order chi connectivity index (χ1) is 6.56. The molecule has 14 heavy (non-hydrogen) atoms. The number of alkyl halides is 1. The van der Waals surface area contributed by atoms with E-state index in [-0.39, 0.29) is 17.2 Å². The maximum atomic E-state index is 11.2. The van der Waals surface area contributed by atoms with Gasteiger partial charge < -0.3 is 5.11 Å². The molecule has 1 aromatic carbocycles. The van der Waals surface area contributed by atoms with E-state index in [1.165, 1.54) is 6.92 Å². The summed E-state index contributed by atoms with van der Waals surface area (Å²) in [5.41, 5.74) is 1.53. The Balaban J connectivity index is 3.16. The van der Waals surface area contributed by atoms with Gasteiger partial charge in [-0.3, -0.25) is 4.79 Å². The van der Waals surface area contributed by atoms with Crippen LogP contribution < -0.4 is 0 Å². The Bertz CT molecular complexity index is 352. The van der Waals surface area contributed by atoms with Gasteiger partial charge in [0.05, 0.1) is 11.4 Å². The van der Waals surface area contributed by atoms with E-state index in [4.69, 9.17) is 5.11 Å². The lowest BCUT2D eigenvalue weighted by Crippen LogP contribution is -2.04. The average Bonchev–Trinajstić information content (AvgIpc) is 2.16. The predicted molar refractivity (Wildman–Crippen MR) is 62.0 cm³/mol. The van der Waals surface area contributed by atoms with Crippen LogP contribution in [-0.4, -0.2) is 10.9 Å². The summed E-state index contributed by atoms with van der Waals surface area (Å²) in [6.45, 7) is 1.44. The standard InChI is InChI=1S/C10H11BrO2S/c1-6(13)10(11)9-4-8(14)3-2-7(9)5-12/h2-4,10,12,14H,5H2,1H3. The second kappa shape index (κ2) is 4.96. The number of hydrogen-bond acceptors (Lipinski definition) is 3. The van der Waals surface area contributed by atoms with Crippen molar-refractivity contribution in [2.75, 3.05) is 0 Å². The Morgan fingerprint density at radius 2 is 2.29 bits per heavy atom. The second-order valence-electron chi connectivity index (χ2n) is 3.01. The summed E-state index contributed by atoms with van der Waals surface area (Å²) in [6.07, 6.45) is 0. The van der Waals surface area contributed by atoms with E-state index in [0.29, 0.717) is 0 Å². The van der Waals surface area contributed by atoms with Crippen molar-refractivity contribution in [1.82, 2.24) is 0 Å². The molecule has 0 spiro atoms. The molecule has 0 aliphatic carbocycles. The monoisotopic (exact) mass is 274 g/mol. The molecule has 0 saturated heterocycles. The van der Waals surface area contributed by atoms with Gasteiger partial charge in [-0.1, -0.05) is 22.0 Å². The third-order valence-electron chi connectivity index (χ3n) is 1.93. The van der Waals surface area contributed by atoms with Crippen LogP contribution in [0.25, 0.3) is 0 Å². The zero-order valence-electron chi connectivity index (χ0n) is 7.70.